The summed E-state index contributed by atoms with van der Waals surface area (Å²) in [4.78, 5) is 22.7. The molecule has 122 valence electrons. The van der Waals surface area contributed by atoms with Gasteiger partial charge in [-0.3, -0.25) is 4.68 Å². The molecule has 8 nitrogen and oxygen atoms in total. The summed E-state index contributed by atoms with van der Waals surface area (Å²) >= 11 is 0. The summed E-state index contributed by atoms with van der Waals surface area (Å²) < 4.78 is 1.73. The maximum absolute atomic E-state index is 12.0. The number of carbonyl (C=O) groups excluding carboxylic acids is 2. The molecule has 0 saturated heterocycles. The summed E-state index contributed by atoms with van der Waals surface area (Å²) in [7, 11) is 0. The lowest BCUT2D eigenvalue weighted by molar-refractivity contribution is 0.249. The second-order valence-electron chi connectivity index (χ2n) is 5.02. The summed E-state index contributed by atoms with van der Waals surface area (Å²) in [5.74, 6) is 0. The van der Waals surface area contributed by atoms with E-state index in [1.807, 2.05) is 26.0 Å². The van der Waals surface area contributed by atoms with Crippen LogP contribution in [0.4, 0.5) is 21.0 Å². The minimum Gasteiger partial charge on any atom is -0.351 e. The van der Waals surface area contributed by atoms with Crippen LogP contribution in [0.2, 0.25) is 0 Å². The molecule has 5 N–H and O–H groups in total. The lowest BCUT2D eigenvalue weighted by atomic mass is 10.1. The zero-order valence-corrected chi connectivity index (χ0v) is 13.0. The Bertz CT molecular complexity index is 680. The zero-order valence-electron chi connectivity index (χ0n) is 13.0. The number of aromatic nitrogens is 2. The number of benzene rings is 1. The van der Waals surface area contributed by atoms with E-state index in [4.69, 9.17) is 5.73 Å². The summed E-state index contributed by atoms with van der Waals surface area (Å²) in [5, 5.41) is 12.1. The molecule has 0 fully saturated rings. The number of aryl methyl sites for hydroxylation is 1. The highest BCUT2D eigenvalue weighted by Gasteiger charge is 2.10. The number of nitrogens with zero attached hydrogens (tertiary/aromatic N) is 2. The van der Waals surface area contributed by atoms with Crippen LogP contribution in [0.3, 0.4) is 0 Å². The Hall–Kier alpha value is -3.03. The van der Waals surface area contributed by atoms with Crippen LogP contribution in [-0.4, -0.2) is 21.8 Å². The van der Waals surface area contributed by atoms with Crippen LogP contribution in [0.25, 0.3) is 0 Å². The van der Waals surface area contributed by atoms with Gasteiger partial charge >= 0.3 is 12.1 Å². The van der Waals surface area contributed by atoms with Crippen LogP contribution in [0.1, 0.15) is 25.5 Å². The molecule has 0 spiro atoms. The average molecular weight is 316 g/mol. The van der Waals surface area contributed by atoms with E-state index >= 15 is 0 Å². The smallest absolute Gasteiger partial charge is 0.319 e. The van der Waals surface area contributed by atoms with Crippen molar-refractivity contribution in [3.05, 3.63) is 42.2 Å². The van der Waals surface area contributed by atoms with Crippen molar-refractivity contribution in [1.82, 2.24) is 15.1 Å². The van der Waals surface area contributed by atoms with Crippen molar-refractivity contribution in [2.24, 2.45) is 5.73 Å². The number of primary amides is 1. The van der Waals surface area contributed by atoms with Crippen LogP contribution in [0, 0.1) is 0 Å². The Morgan fingerprint density at radius 3 is 2.48 bits per heavy atom. The molecule has 4 amide bonds. The van der Waals surface area contributed by atoms with Gasteiger partial charge in [-0.25, -0.2) is 9.59 Å². The maximum atomic E-state index is 12.0. The number of rotatable bonds is 5. The molecule has 0 aliphatic carbocycles. The summed E-state index contributed by atoms with van der Waals surface area (Å²) in [6.45, 7) is 4.58. The highest BCUT2D eigenvalue weighted by Crippen LogP contribution is 2.16. The van der Waals surface area contributed by atoms with E-state index in [1.165, 1.54) is 0 Å². The normalized spacial score (nSPS) is 11.6. The van der Waals surface area contributed by atoms with Gasteiger partial charge in [0.15, 0.2) is 0 Å². The van der Waals surface area contributed by atoms with Gasteiger partial charge in [0.25, 0.3) is 0 Å². The number of hydrogen-bond donors (Lipinski definition) is 4. The fourth-order valence-corrected chi connectivity index (χ4v) is 2.05. The number of amides is 4. The van der Waals surface area contributed by atoms with Gasteiger partial charge in [-0.15, -0.1) is 0 Å². The molecule has 2 rings (SSSR count). The zero-order chi connectivity index (χ0) is 16.8. The molecule has 1 aromatic carbocycles. The van der Waals surface area contributed by atoms with E-state index in [-0.39, 0.29) is 12.1 Å². The van der Waals surface area contributed by atoms with Gasteiger partial charge in [0.05, 0.1) is 17.9 Å². The largest absolute Gasteiger partial charge is 0.351 e. The molecule has 0 radical (unpaired) electrons. The summed E-state index contributed by atoms with van der Waals surface area (Å²) in [6.07, 6.45) is 3.35. The first kappa shape index (κ1) is 16.3. The van der Waals surface area contributed by atoms with Gasteiger partial charge in [-0.1, -0.05) is 12.1 Å². The van der Waals surface area contributed by atoms with Gasteiger partial charge in [-0.05, 0) is 31.5 Å². The summed E-state index contributed by atoms with van der Waals surface area (Å²) in [5.41, 5.74) is 7.19. The fraction of sp³-hybridized carbons (Fsp3) is 0.267. The van der Waals surface area contributed by atoms with Crippen molar-refractivity contribution >= 4 is 23.4 Å². The predicted molar refractivity (Wildman–Crippen MR) is 88.1 cm³/mol. The van der Waals surface area contributed by atoms with Crippen molar-refractivity contribution in [1.29, 1.82) is 0 Å². The third-order valence-corrected chi connectivity index (χ3v) is 3.24. The first-order valence-corrected chi connectivity index (χ1v) is 7.24. The number of nitrogens with two attached hydrogens (primary N) is 1. The SMILES string of the molecule is CCn1cc(NC(=O)NC(C)c2ccc(NC(N)=O)cc2)cn1. The molecule has 23 heavy (non-hydrogen) atoms. The van der Waals surface area contributed by atoms with E-state index in [1.54, 1.807) is 29.2 Å². The van der Waals surface area contributed by atoms with Crippen LogP contribution in [0.5, 0.6) is 0 Å². The van der Waals surface area contributed by atoms with Gasteiger partial charge < -0.3 is 21.7 Å². The highest BCUT2D eigenvalue weighted by atomic mass is 16.2. The van der Waals surface area contributed by atoms with Crippen LogP contribution < -0.4 is 21.7 Å². The third kappa shape index (κ3) is 4.73. The average Bonchev–Trinajstić information content (AvgIpc) is 2.94. The molecule has 8 heteroatoms. The molecule has 0 bridgehead atoms. The quantitative estimate of drug-likeness (QED) is 0.678. The van der Waals surface area contributed by atoms with E-state index in [2.05, 4.69) is 21.0 Å². The Morgan fingerprint density at radius 1 is 1.22 bits per heavy atom. The van der Waals surface area contributed by atoms with E-state index in [0.29, 0.717) is 11.4 Å². The lowest BCUT2D eigenvalue weighted by Crippen LogP contribution is -2.31. The number of hydrogen-bond acceptors (Lipinski definition) is 3. The van der Waals surface area contributed by atoms with Gasteiger partial charge in [0.2, 0.25) is 0 Å². The number of urea groups is 2. The minimum absolute atomic E-state index is 0.196. The topological polar surface area (TPSA) is 114 Å². The number of anilines is 2. The van der Waals surface area contributed by atoms with E-state index < -0.39 is 6.03 Å². The molecule has 2 aromatic rings. The van der Waals surface area contributed by atoms with Gasteiger partial charge in [0.1, 0.15) is 0 Å². The third-order valence-electron chi connectivity index (χ3n) is 3.24. The van der Waals surface area contributed by atoms with Gasteiger partial charge in [-0.2, -0.15) is 5.10 Å². The predicted octanol–water partition coefficient (Wildman–Crippen LogP) is 2.28. The highest BCUT2D eigenvalue weighted by molar-refractivity contribution is 5.89. The molecule has 0 aliphatic heterocycles. The van der Waals surface area contributed by atoms with Crippen LogP contribution in [-0.2, 0) is 6.54 Å². The molecule has 1 heterocycles. The number of nitrogens with one attached hydrogen (secondary N) is 3. The molecule has 1 atom stereocenters. The molecule has 1 unspecified atom stereocenters. The lowest BCUT2D eigenvalue weighted by Gasteiger charge is -2.15. The Morgan fingerprint density at radius 2 is 1.91 bits per heavy atom. The Kier molecular flexibility index (Phi) is 5.19. The van der Waals surface area contributed by atoms with Crippen molar-refractivity contribution < 1.29 is 9.59 Å². The second kappa shape index (κ2) is 7.30. The second-order valence-corrected chi connectivity index (χ2v) is 5.02. The fourth-order valence-electron chi connectivity index (χ4n) is 2.05. The monoisotopic (exact) mass is 316 g/mol. The van der Waals surface area contributed by atoms with Crippen molar-refractivity contribution in [3.8, 4) is 0 Å². The molecular weight excluding hydrogens is 296 g/mol. The number of carbonyl (C=O) groups is 2. The maximum Gasteiger partial charge on any atom is 0.319 e. The van der Waals surface area contributed by atoms with Crippen LogP contribution >= 0.6 is 0 Å². The molecule has 0 saturated carbocycles. The van der Waals surface area contributed by atoms with Crippen LogP contribution in [0.15, 0.2) is 36.7 Å². The van der Waals surface area contributed by atoms with E-state index in [9.17, 15) is 9.59 Å². The van der Waals surface area contributed by atoms with Crippen molar-refractivity contribution in [2.45, 2.75) is 26.4 Å². The molecule has 0 aliphatic rings. The molecule has 1 aromatic heterocycles. The van der Waals surface area contributed by atoms with Crippen molar-refractivity contribution in [2.75, 3.05) is 10.6 Å². The minimum atomic E-state index is -0.615. The summed E-state index contributed by atoms with van der Waals surface area (Å²) in [6, 6.07) is 5.95. The van der Waals surface area contributed by atoms with Gasteiger partial charge in [0, 0.05) is 18.4 Å². The van der Waals surface area contributed by atoms with E-state index in [0.717, 1.165) is 12.1 Å². The van der Waals surface area contributed by atoms with Crippen molar-refractivity contribution in [3.63, 3.8) is 0 Å². The first-order chi connectivity index (χ1) is 11.0. The Balaban J connectivity index is 1.91. The standard InChI is InChI=1S/C15H20N6O2/c1-3-21-9-13(8-17-21)20-15(23)18-10(2)11-4-6-12(7-5-11)19-14(16)22/h4-10H,3H2,1-2H3,(H3,16,19,22)(H2,18,20,23). The first-order valence-electron chi connectivity index (χ1n) is 7.24. The molecular formula is C15H20N6O2. The Labute approximate surface area is 134 Å².